The predicted octanol–water partition coefficient (Wildman–Crippen LogP) is 2.55. The fourth-order valence-electron chi connectivity index (χ4n) is 2.60. The van der Waals surface area contributed by atoms with E-state index >= 15 is 0 Å². The molecule has 27 heavy (non-hydrogen) atoms. The minimum absolute atomic E-state index is 0.142. The molecule has 0 amide bonds. The topological polar surface area (TPSA) is 64.3 Å². The third-order valence-electron chi connectivity index (χ3n) is 3.88. The van der Waals surface area contributed by atoms with E-state index < -0.39 is 5.56 Å². The first-order chi connectivity index (χ1) is 13.0. The molecule has 0 saturated heterocycles. The number of hydrogen-bond acceptors (Lipinski definition) is 5. The van der Waals surface area contributed by atoms with E-state index in [1.807, 2.05) is 24.3 Å². The predicted molar refractivity (Wildman–Crippen MR) is 106 cm³/mol. The first-order valence-electron chi connectivity index (χ1n) is 7.94. The Morgan fingerprint density at radius 3 is 2.67 bits per heavy atom. The van der Waals surface area contributed by atoms with Gasteiger partial charge in [-0.1, -0.05) is 51.5 Å². The number of aromatic nitrogens is 3. The summed E-state index contributed by atoms with van der Waals surface area (Å²) in [6.45, 7) is 0. The minimum atomic E-state index is -0.491. The van der Waals surface area contributed by atoms with Gasteiger partial charge in [-0.25, -0.2) is 4.39 Å². The molecule has 0 aliphatic heterocycles. The van der Waals surface area contributed by atoms with E-state index in [0.717, 1.165) is 25.9 Å². The van der Waals surface area contributed by atoms with E-state index in [4.69, 9.17) is 0 Å². The Morgan fingerprint density at radius 2 is 1.93 bits per heavy atom. The van der Waals surface area contributed by atoms with Crippen LogP contribution in [-0.2, 0) is 6.42 Å². The Kier molecular flexibility index (Phi) is 4.67. The van der Waals surface area contributed by atoms with Crippen molar-refractivity contribution in [2.45, 2.75) is 6.42 Å². The van der Waals surface area contributed by atoms with E-state index in [0.29, 0.717) is 10.1 Å². The van der Waals surface area contributed by atoms with Crippen LogP contribution in [0.3, 0.4) is 0 Å². The fourth-order valence-corrected chi connectivity index (χ4v) is 3.92. The van der Waals surface area contributed by atoms with Crippen molar-refractivity contribution in [2.24, 2.45) is 0 Å². The highest BCUT2D eigenvalue weighted by molar-refractivity contribution is 9.10. The van der Waals surface area contributed by atoms with Crippen LogP contribution < -0.4 is 15.7 Å². The lowest BCUT2D eigenvalue weighted by Crippen LogP contribution is -2.28. The maximum atomic E-state index is 13.0. The molecular formula is C19H11BrFN3O2S. The van der Waals surface area contributed by atoms with Crippen molar-refractivity contribution in [2.75, 3.05) is 0 Å². The van der Waals surface area contributed by atoms with E-state index in [9.17, 15) is 14.0 Å². The molecule has 0 aliphatic carbocycles. The second-order valence-corrected chi connectivity index (χ2v) is 7.76. The van der Waals surface area contributed by atoms with Crippen LogP contribution in [0, 0.1) is 5.82 Å². The van der Waals surface area contributed by atoms with Gasteiger partial charge in [-0.2, -0.15) is 14.6 Å². The molecule has 5 nitrogen and oxygen atoms in total. The molecule has 0 N–H and O–H groups in total. The number of benzene rings is 2. The minimum Gasteiger partial charge on any atom is -0.266 e. The van der Waals surface area contributed by atoms with Gasteiger partial charge in [0, 0.05) is 10.9 Å². The summed E-state index contributed by atoms with van der Waals surface area (Å²) in [5.74, 6) is -0.357. The Hall–Kier alpha value is -2.71. The fraction of sp³-hybridized carbons (Fsp3) is 0.0526. The van der Waals surface area contributed by atoms with E-state index in [2.05, 4.69) is 26.0 Å². The van der Waals surface area contributed by atoms with Gasteiger partial charge in [0.1, 0.15) is 11.5 Å². The Labute approximate surface area is 164 Å². The zero-order valence-electron chi connectivity index (χ0n) is 13.7. The third kappa shape index (κ3) is 3.72. The maximum Gasteiger partial charge on any atom is 0.296 e. The number of halogens is 2. The molecule has 4 aromatic rings. The molecule has 0 unspecified atom stereocenters. The van der Waals surface area contributed by atoms with Crippen LogP contribution in [0.2, 0.25) is 0 Å². The summed E-state index contributed by atoms with van der Waals surface area (Å²) in [4.78, 5) is 29.1. The summed E-state index contributed by atoms with van der Waals surface area (Å²) in [5.41, 5.74) is 0.884. The molecule has 0 atom stereocenters. The average Bonchev–Trinajstić information content (AvgIpc) is 2.92. The Bertz CT molecular complexity index is 1320. The summed E-state index contributed by atoms with van der Waals surface area (Å²) >= 11 is 4.51. The van der Waals surface area contributed by atoms with Crippen LogP contribution in [-0.4, -0.2) is 14.6 Å². The van der Waals surface area contributed by atoms with Crippen LogP contribution in [0.15, 0.2) is 62.6 Å². The molecule has 0 radical (unpaired) electrons. The molecule has 0 bridgehead atoms. The maximum absolute atomic E-state index is 13.0. The molecule has 0 fully saturated rings. The summed E-state index contributed by atoms with van der Waals surface area (Å²) < 4.78 is 15.5. The summed E-state index contributed by atoms with van der Waals surface area (Å²) in [5, 5.41) is 4.19. The molecule has 0 spiro atoms. The van der Waals surface area contributed by atoms with Gasteiger partial charge in [0.15, 0.2) is 0 Å². The van der Waals surface area contributed by atoms with E-state index in [1.165, 1.54) is 12.1 Å². The third-order valence-corrected chi connectivity index (χ3v) is 5.33. The second-order valence-electron chi connectivity index (χ2n) is 5.83. The number of rotatable bonds is 3. The van der Waals surface area contributed by atoms with Crippen molar-refractivity contribution >= 4 is 38.3 Å². The lowest BCUT2D eigenvalue weighted by molar-refractivity contribution is 0.627. The summed E-state index contributed by atoms with van der Waals surface area (Å²) in [7, 11) is 0. The van der Waals surface area contributed by atoms with E-state index in [1.54, 1.807) is 18.2 Å². The highest BCUT2D eigenvalue weighted by atomic mass is 79.9. The molecule has 134 valence electrons. The molecular weight excluding hydrogens is 433 g/mol. The Morgan fingerprint density at radius 1 is 1.15 bits per heavy atom. The van der Waals surface area contributed by atoms with Gasteiger partial charge in [-0.3, -0.25) is 9.59 Å². The lowest BCUT2D eigenvalue weighted by atomic mass is 10.1. The quantitative estimate of drug-likeness (QED) is 0.488. The number of nitrogens with zero attached hydrogens (tertiary/aromatic N) is 3. The van der Waals surface area contributed by atoms with Gasteiger partial charge in [0.25, 0.3) is 11.1 Å². The van der Waals surface area contributed by atoms with Crippen molar-refractivity contribution in [1.29, 1.82) is 0 Å². The zero-order chi connectivity index (χ0) is 19.0. The first kappa shape index (κ1) is 17.7. The van der Waals surface area contributed by atoms with Crippen LogP contribution in [0.1, 0.15) is 16.8 Å². The monoisotopic (exact) mass is 443 g/mol. The first-order valence-corrected chi connectivity index (χ1v) is 9.55. The Balaban J connectivity index is 1.80. The van der Waals surface area contributed by atoms with Gasteiger partial charge in [0.05, 0.1) is 4.53 Å². The highest BCUT2D eigenvalue weighted by Gasteiger charge is 2.11. The largest absolute Gasteiger partial charge is 0.296 e. The van der Waals surface area contributed by atoms with Crippen molar-refractivity contribution in [3.8, 4) is 0 Å². The van der Waals surface area contributed by atoms with Gasteiger partial charge in [-0.15, -0.1) is 0 Å². The van der Waals surface area contributed by atoms with Gasteiger partial charge >= 0.3 is 0 Å². The summed E-state index contributed by atoms with van der Waals surface area (Å²) in [6.07, 6.45) is 1.91. The second kappa shape index (κ2) is 7.13. The van der Waals surface area contributed by atoms with Crippen molar-refractivity contribution < 1.29 is 4.39 Å². The zero-order valence-corrected chi connectivity index (χ0v) is 16.1. The van der Waals surface area contributed by atoms with Crippen molar-refractivity contribution in [1.82, 2.24) is 14.6 Å². The van der Waals surface area contributed by atoms with Crippen LogP contribution in [0.5, 0.6) is 0 Å². The number of thiazole rings is 1. The molecule has 2 heterocycles. The van der Waals surface area contributed by atoms with Gasteiger partial charge in [-0.05, 0) is 41.5 Å². The molecule has 4 rings (SSSR count). The molecule has 2 aromatic heterocycles. The standard InChI is InChI=1S/C19H11BrFN3O2S/c20-13-3-1-2-12(8-13)10-16-18(26)24-19(27-16)22-17(25)15(23-24)9-11-4-6-14(21)7-5-11/h1-8,10H,9H2. The van der Waals surface area contributed by atoms with Crippen molar-refractivity contribution in [3.63, 3.8) is 0 Å². The van der Waals surface area contributed by atoms with Crippen LogP contribution in [0.25, 0.3) is 11.0 Å². The molecule has 8 heteroatoms. The normalized spacial score (nSPS) is 12.0. The number of fused-ring (bicyclic) bond motifs is 1. The van der Waals surface area contributed by atoms with Gasteiger partial charge < -0.3 is 0 Å². The van der Waals surface area contributed by atoms with Crippen LogP contribution in [0.4, 0.5) is 4.39 Å². The van der Waals surface area contributed by atoms with Crippen molar-refractivity contribution in [3.05, 3.63) is 101 Å². The SMILES string of the molecule is O=c1nc2sc(=Cc3cccc(Br)c3)c(=O)n2nc1Cc1ccc(F)cc1. The molecule has 2 aromatic carbocycles. The van der Waals surface area contributed by atoms with Gasteiger partial charge in [0.2, 0.25) is 4.96 Å². The lowest BCUT2D eigenvalue weighted by Gasteiger charge is -2.00. The molecule has 0 saturated carbocycles. The van der Waals surface area contributed by atoms with Crippen LogP contribution >= 0.6 is 27.3 Å². The highest BCUT2D eigenvalue weighted by Crippen LogP contribution is 2.12. The smallest absolute Gasteiger partial charge is 0.266 e. The average molecular weight is 444 g/mol. The number of hydrogen-bond donors (Lipinski definition) is 0. The summed E-state index contributed by atoms with van der Waals surface area (Å²) in [6, 6.07) is 13.3. The molecule has 0 aliphatic rings. The van der Waals surface area contributed by atoms with E-state index in [-0.39, 0.29) is 28.5 Å².